The topological polar surface area (TPSA) is 95.5 Å². The molecule has 0 bridgehead atoms. The number of thiophene rings is 1. The maximum Gasteiger partial charge on any atom is 0.328 e. The van der Waals surface area contributed by atoms with Crippen LogP contribution in [0.15, 0.2) is 17.5 Å². The minimum Gasteiger partial charge on any atom is -0.478 e. The van der Waals surface area contributed by atoms with Gasteiger partial charge in [-0.15, -0.1) is 11.3 Å². The molecule has 0 fully saturated rings. The molecule has 0 amide bonds. The number of aliphatic carboxylic acids is 1. The van der Waals surface area contributed by atoms with Gasteiger partial charge in [-0.1, -0.05) is 13.8 Å². The predicted octanol–water partition coefficient (Wildman–Crippen LogP) is 1.43. The second-order valence-corrected chi connectivity index (χ2v) is 7.16. The molecule has 3 N–H and O–H groups in total. The van der Waals surface area contributed by atoms with Crippen LogP contribution in [0.5, 0.6) is 0 Å². The highest BCUT2D eigenvalue weighted by molar-refractivity contribution is 7.87. The molecule has 0 spiro atoms. The van der Waals surface area contributed by atoms with E-state index in [0.29, 0.717) is 6.54 Å². The molecule has 0 unspecified atom stereocenters. The Morgan fingerprint density at radius 2 is 2.15 bits per heavy atom. The van der Waals surface area contributed by atoms with Crippen LogP contribution in [-0.2, 0) is 21.5 Å². The number of hydrogen-bond acceptors (Lipinski definition) is 4. The SMILES string of the molecule is CC(C)CNS(=O)(=O)NCc1cc(/C=C/C(=O)O)cs1. The average Bonchev–Trinajstić information content (AvgIpc) is 2.80. The van der Waals surface area contributed by atoms with E-state index in [-0.39, 0.29) is 12.5 Å². The quantitative estimate of drug-likeness (QED) is 0.632. The van der Waals surface area contributed by atoms with Crippen molar-refractivity contribution in [2.75, 3.05) is 6.54 Å². The molecule has 1 aromatic heterocycles. The lowest BCUT2D eigenvalue weighted by molar-refractivity contribution is -0.131. The number of carboxylic acid groups (broad SMARTS) is 1. The first-order valence-electron chi connectivity index (χ1n) is 6.01. The Labute approximate surface area is 122 Å². The standard InChI is InChI=1S/C12H18N2O4S2/c1-9(2)6-13-20(17,18)14-7-11-5-10(8-19-11)3-4-12(15)16/h3-5,8-9,13-14H,6-7H2,1-2H3,(H,15,16)/b4-3+. The van der Waals surface area contributed by atoms with Gasteiger partial charge in [0.25, 0.3) is 10.2 Å². The molecule has 0 aromatic carbocycles. The molecule has 0 radical (unpaired) electrons. The van der Waals surface area contributed by atoms with E-state index in [4.69, 9.17) is 5.11 Å². The van der Waals surface area contributed by atoms with Crippen LogP contribution in [0.3, 0.4) is 0 Å². The summed E-state index contributed by atoms with van der Waals surface area (Å²) in [6, 6.07) is 1.75. The summed E-state index contributed by atoms with van der Waals surface area (Å²) in [7, 11) is -3.50. The van der Waals surface area contributed by atoms with Crippen LogP contribution in [-0.4, -0.2) is 26.0 Å². The number of carbonyl (C=O) groups is 1. The highest BCUT2D eigenvalue weighted by Gasteiger charge is 2.10. The zero-order valence-electron chi connectivity index (χ0n) is 11.3. The number of nitrogens with one attached hydrogen (secondary N) is 2. The zero-order valence-corrected chi connectivity index (χ0v) is 12.9. The molecule has 1 rings (SSSR count). The summed E-state index contributed by atoms with van der Waals surface area (Å²) in [5, 5.41) is 10.3. The van der Waals surface area contributed by atoms with Crippen LogP contribution >= 0.6 is 11.3 Å². The summed E-state index contributed by atoms with van der Waals surface area (Å²) in [5.74, 6) is -0.780. The van der Waals surface area contributed by atoms with Crippen molar-refractivity contribution in [3.05, 3.63) is 28.0 Å². The van der Waals surface area contributed by atoms with Gasteiger partial charge < -0.3 is 5.11 Å². The zero-order chi connectivity index (χ0) is 15.2. The van der Waals surface area contributed by atoms with E-state index >= 15 is 0 Å². The van der Waals surface area contributed by atoms with Gasteiger partial charge in [0.2, 0.25) is 0 Å². The van der Waals surface area contributed by atoms with Crippen LogP contribution in [0.4, 0.5) is 0 Å². The van der Waals surface area contributed by atoms with Crippen LogP contribution in [0.1, 0.15) is 24.3 Å². The number of carboxylic acids is 1. The molecule has 1 aromatic rings. The van der Waals surface area contributed by atoms with Crippen LogP contribution < -0.4 is 9.44 Å². The van der Waals surface area contributed by atoms with Crippen molar-refractivity contribution in [3.8, 4) is 0 Å². The van der Waals surface area contributed by atoms with Crippen molar-refractivity contribution in [1.82, 2.24) is 9.44 Å². The predicted molar refractivity (Wildman–Crippen MR) is 79.6 cm³/mol. The molecule has 0 aliphatic heterocycles. The minimum absolute atomic E-state index is 0.180. The molecule has 1 heterocycles. The van der Waals surface area contributed by atoms with Crippen molar-refractivity contribution >= 4 is 33.6 Å². The normalized spacial score (nSPS) is 12.3. The first-order chi connectivity index (χ1) is 9.28. The third kappa shape index (κ3) is 6.80. The first-order valence-corrected chi connectivity index (χ1v) is 8.37. The van der Waals surface area contributed by atoms with E-state index in [1.807, 2.05) is 13.8 Å². The molecular formula is C12H18N2O4S2. The van der Waals surface area contributed by atoms with Crippen molar-refractivity contribution in [2.24, 2.45) is 5.92 Å². The van der Waals surface area contributed by atoms with Crippen molar-refractivity contribution < 1.29 is 18.3 Å². The minimum atomic E-state index is -3.50. The van der Waals surface area contributed by atoms with Gasteiger partial charge in [-0.25, -0.2) is 9.52 Å². The summed E-state index contributed by atoms with van der Waals surface area (Å²) in [5.41, 5.74) is 0.738. The van der Waals surface area contributed by atoms with Gasteiger partial charge in [0.1, 0.15) is 0 Å². The van der Waals surface area contributed by atoms with Gasteiger partial charge in [-0.3, -0.25) is 0 Å². The second kappa shape index (κ2) is 7.53. The smallest absolute Gasteiger partial charge is 0.328 e. The molecule has 0 atom stereocenters. The molecule has 20 heavy (non-hydrogen) atoms. The molecule has 0 aliphatic rings. The van der Waals surface area contributed by atoms with Gasteiger partial charge in [-0.05, 0) is 29.0 Å². The maximum absolute atomic E-state index is 11.6. The van der Waals surface area contributed by atoms with E-state index in [0.717, 1.165) is 16.5 Å². The Bertz CT molecular complexity index is 576. The van der Waals surface area contributed by atoms with Crippen LogP contribution in [0.25, 0.3) is 6.08 Å². The van der Waals surface area contributed by atoms with Crippen molar-refractivity contribution in [2.45, 2.75) is 20.4 Å². The summed E-state index contributed by atoms with van der Waals surface area (Å²) in [6.45, 7) is 4.40. The number of hydrogen-bond donors (Lipinski definition) is 3. The summed E-state index contributed by atoms with van der Waals surface area (Å²) >= 11 is 1.37. The summed E-state index contributed by atoms with van der Waals surface area (Å²) < 4.78 is 28.1. The Kier molecular flexibility index (Phi) is 6.34. The maximum atomic E-state index is 11.6. The summed E-state index contributed by atoms with van der Waals surface area (Å²) in [4.78, 5) is 11.2. The molecular weight excluding hydrogens is 300 g/mol. The van der Waals surface area contributed by atoms with E-state index in [9.17, 15) is 13.2 Å². The van der Waals surface area contributed by atoms with Crippen molar-refractivity contribution in [3.63, 3.8) is 0 Å². The lowest BCUT2D eigenvalue weighted by Gasteiger charge is -2.09. The van der Waals surface area contributed by atoms with E-state index < -0.39 is 16.2 Å². The number of rotatable bonds is 8. The third-order valence-electron chi connectivity index (χ3n) is 2.21. The molecule has 0 saturated heterocycles. The average molecular weight is 318 g/mol. The lowest BCUT2D eigenvalue weighted by Crippen LogP contribution is -2.37. The monoisotopic (exact) mass is 318 g/mol. The second-order valence-electron chi connectivity index (χ2n) is 4.58. The Morgan fingerprint density at radius 1 is 1.45 bits per heavy atom. The fourth-order valence-corrected chi connectivity index (χ4v) is 3.12. The van der Waals surface area contributed by atoms with Gasteiger partial charge in [-0.2, -0.15) is 13.1 Å². The molecule has 0 saturated carbocycles. The Morgan fingerprint density at radius 3 is 2.75 bits per heavy atom. The van der Waals surface area contributed by atoms with E-state index in [1.54, 1.807) is 11.4 Å². The third-order valence-corrected chi connectivity index (χ3v) is 4.24. The first kappa shape index (κ1) is 16.8. The molecule has 112 valence electrons. The van der Waals surface area contributed by atoms with Gasteiger partial charge >= 0.3 is 5.97 Å². The van der Waals surface area contributed by atoms with E-state index in [2.05, 4.69) is 9.44 Å². The van der Waals surface area contributed by atoms with Gasteiger partial charge in [0.05, 0.1) is 0 Å². The van der Waals surface area contributed by atoms with Crippen LogP contribution in [0, 0.1) is 5.92 Å². The molecule has 8 heteroatoms. The lowest BCUT2D eigenvalue weighted by atomic mass is 10.2. The highest BCUT2D eigenvalue weighted by Crippen LogP contribution is 2.16. The largest absolute Gasteiger partial charge is 0.478 e. The van der Waals surface area contributed by atoms with Gasteiger partial charge in [0, 0.05) is 24.0 Å². The fourth-order valence-electron chi connectivity index (χ4n) is 1.24. The Hall–Kier alpha value is -1.22. The van der Waals surface area contributed by atoms with Gasteiger partial charge in [0.15, 0.2) is 0 Å². The van der Waals surface area contributed by atoms with E-state index in [1.165, 1.54) is 17.4 Å². The summed E-state index contributed by atoms with van der Waals surface area (Å²) in [6.07, 6.45) is 2.51. The fraction of sp³-hybridized carbons (Fsp3) is 0.417. The Balaban J connectivity index is 2.51. The van der Waals surface area contributed by atoms with Crippen LogP contribution in [0.2, 0.25) is 0 Å². The van der Waals surface area contributed by atoms with Crippen molar-refractivity contribution in [1.29, 1.82) is 0 Å². The molecule has 6 nitrogen and oxygen atoms in total. The highest BCUT2D eigenvalue weighted by atomic mass is 32.2. The molecule has 0 aliphatic carbocycles.